The van der Waals surface area contributed by atoms with Crippen molar-refractivity contribution >= 4 is 15.9 Å². The molecule has 0 N–H and O–H groups in total. The van der Waals surface area contributed by atoms with Gasteiger partial charge in [0.05, 0.1) is 30.6 Å². The van der Waals surface area contributed by atoms with Gasteiger partial charge < -0.3 is 4.74 Å². The van der Waals surface area contributed by atoms with Gasteiger partial charge in [0.25, 0.3) is 0 Å². The molecule has 0 aromatic carbocycles. The van der Waals surface area contributed by atoms with Gasteiger partial charge in [-0.2, -0.15) is 15.0 Å². The van der Waals surface area contributed by atoms with Crippen molar-refractivity contribution in [1.82, 2.24) is 20.0 Å². The molecule has 0 amide bonds. The fourth-order valence-electron chi connectivity index (χ4n) is 3.17. The number of pyridine rings is 1. The highest BCUT2D eigenvalue weighted by Crippen LogP contribution is 2.39. The van der Waals surface area contributed by atoms with Gasteiger partial charge in [0.1, 0.15) is 5.69 Å². The van der Waals surface area contributed by atoms with Crippen LogP contribution in [0.3, 0.4) is 0 Å². The van der Waals surface area contributed by atoms with Crippen LogP contribution in [-0.4, -0.2) is 32.2 Å². The summed E-state index contributed by atoms with van der Waals surface area (Å²) in [7, 11) is 0. The maximum absolute atomic E-state index is 5.88. The van der Waals surface area contributed by atoms with Crippen LogP contribution in [0.2, 0.25) is 0 Å². The number of hydrogen-bond donors (Lipinski definition) is 0. The van der Waals surface area contributed by atoms with Crippen molar-refractivity contribution in [3.63, 3.8) is 0 Å². The second-order valence-corrected chi connectivity index (χ2v) is 6.43. The van der Waals surface area contributed by atoms with Crippen molar-refractivity contribution < 1.29 is 4.74 Å². The molecule has 4 rings (SSSR count). The van der Waals surface area contributed by atoms with Crippen LogP contribution in [0.25, 0.3) is 11.4 Å². The van der Waals surface area contributed by atoms with E-state index in [1.807, 2.05) is 12.1 Å². The Bertz CT molecular complexity index is 612. The summed E-state index contributed by atoms with van der Waals surface area (Å²) in [5, 5.41) is 8.89. The van der Waals surface area contributed by atoms with E-state index in [2.05, 4.69) is 31.1 Å². The Hall–Kier alpha value is -1.27. The molecule has 2 aromatic rings. The highest BCUT2D eigenvalue weighted by molar-refractivity contribution is 9.10. The molecule has 2 aliphatic heterocycles. The Morgan fingerprint density at radius 1 is 1.25 bits per heavy atom. The summed E-state index contributed by atoms with van der Waals surface area (Å²) >= 11 is 3.38. The van der Waals surface area contributed by atoms with Gasteiger partial charge in [-0.15, -0.1) is 0 Å². The lowest BCUT2D eigenvalue weighted by Crippen LogP contribution is -2.23. The van der Waals surface area contributed by atoms with E-state index in [9.17, 15) is 0 Å². The number of aromatic nitrogens is 4. The fourth-order valence-corrected chi connectivity index (χ4v) is 3.41. The molecular formula is C14H15BrN4O. The first-order valence-electron chi connectivity index (χ1n) is 6.95. The van der Waals surface area contributed by atoms with Crippen LogP contribution in [0.4, 0.5) is 0 Å². The van der Waals surface area contributed by atoms with E-state index in [4.69, 9.17) is 4.74 Å². The minimum atomic E-state index is 0.417. The maximum Gasteiger partial charge on any atom is 0.131 e. The van der Waals surface area contributed by atoms with Gasteiger partial charge >= 0.3 is 0 Å². The zero-order valence-electron chi connectivity index (χ0n) is 10.9. The molecule has 4 heterocycles. The van der Waals surface area contributed by atoms with Crippen LogP contribution < -0.4 is 0 Å². The second kappa shape index (κ2) is 4.93. The van der Waals surface area contributed by atoms with Crippen LogP contribution in [0.15, 0.2) is 29.0 Å². The number of rotatable bonds is 3. The molecule has 20 heavy (non-hydrogen) atoms. The van der Waals surface area contributed by atoms with Crippen molar-refractivity contribution in [1.29, 1.82) is 0 Å². The van der Waals surface area contributed by atoms with E-state index in [0.29, 0.717) is 18.1 Å². The van der Waals surface area contributed by atoms with Crippen molar-refractivity contribution in [3.05, 3.63) is 29.0 Å². The molecule has 5 nitrogen and oxygen atoms in total. The standard InChI is InChI=1S/C14H15BrN4O/c15-10-1-3-12(16-6-10)13-7-17-19(18-13)8-9-5-11-2-4-14(9)20-11/h1,3,6-7,9,11,14H,2,4-5,8H2. The van der Waals surface area contributed by atoms with E-state index in [1.165, 1.54) is 12.8 Å². The number of hydrogen-bond acceptors (Lipinski definition) is 4. The Morgan fingerprint density at radius 2 is 2.20 bits per heavy atom. The van der Waals surface area contributed by atoms with Crippen LogP contribution in [0, 0.1) is 5.92 Å². The fraction of sp³-hybridized carbons (Fsp3) is 0.500. The maximum atomic E-state index is 5.88. The average molecular weight is 335 g/mol. The van der Waals surface area contributed by atoms with Crippen molar-refractivity contribution in [2.75, 3.05) is 0 Å². The summed E-state index contributed by atoms with van der Waals surface area (Å²) < 4.78 is 6.84. The van der Waals surface area contributed by atoms with Gasteiger partial charge in [-0.3, -0.25) is 4.98 Å². The minimum absolute atomic E-state index is 0.417. The molecule has 0 aliphatic carbocycles. The minimum Gasteiger partial charge on any atom is -0.375 e. The molecule has 0 radical (unpaired) electrons. The average Bonchev–Trinajstić information content (AvgIpc) is 3.16. The van der Waals surface area contributed by atoms with Gasteiger partial charge in [-0.05, 0) is 47.3 Å². The first-order valence-corrected chi connectivity index (χ1v) is 7.75. The topological polar surface area (TPSA) is 52.8 Å². The third kappa shape index (κ3) is 2.27. The van der Waals surface area contributed by atoms with Gasteiger partial charge in [-0.25, -0.2) is 0 Å². The predicted molar refractivity (Wildman–Crippen MR) is 77.0 cm³/mol. The van der Waals surface area contributed by atoms with Crippen LogP contribution in [0.5, 0.6) is 0 Å². The lowest BCUT2D eigenvalue weighted by Gasteiger charge is -2.17. The molecule has 0 saturated carbocycles. The Labute approximate surface area is 125 Å². The molecule has 2 saturated heterocycles. The van der Waals surface area contributed by atoms with E-state index >= 15 is 0 Å². The van der Waals surface area contributed by atoms with Crippen molar-refractivity contribution in [2.45, 2.75) is 38.0 Å². The van der Waals surface area contributed by atoms with Gasteiger partial charge in [0.2, 0.25) is 0 Å². The normalized spacial score (nSPS) is 28.1. The Morgan fingerprint density at radius 3 is 2.90 bits per heavy atom. The monoisotopic (exact) mass is 334 g/mol. The quantitative estimate of drug-likeness (QED) is 0.865. The second-order valence-electron chi connectivity index (χ2n) is 5.52. The number of fused-ring (bicyclic) bond motifs is 2. The third-order valence-corrected chi connectivity index (χ3v) is 4.63. The first-order chi connectivity index (χ1) is 9.78. The van der Waals surface area contributed by atoms with Gasteiger partial charge in [-0.1, -0.05) is 0 Å². The molecular weight excluding hydrogens is 320 g/mol. The number of ether oxygens (including phenoxy) is 1. The molecule has 2 fully saturated rings. The lowest BCUT2D eigenvalue weighted by atomic mass is 9.89. The summed E-state index contributed by atoms with van der Waals surface area (Å²) in [5.41, 5.74) is 1.67. The van der Waals surface area contributed by atoms with Gasteiger partial charge in [0, 0.05) is 16.6 Å². The van der Waals surface area contributed by atoms with E-state index in [1.54, 1.807) is 17.2 Å². The zero-order valence-corrected chi connectivity index (χ0v) is 12.5. The third-order valence-electron chi connectivity index (χ3n) is 4.16. The molecule has 3 atom stereocenters. The summed E-state index contributed by atoms with van der Waals surface area (Å²) in [5.74, 6) is 0.562. The highest BCUT2D eigenvalue weighted by Gasteiger charge is 2.40. The largest absolute Gasteiger partial charge is 0.375 e. The number of halogens is 1. The number of nitrogens with zero attached hydrogens (tertiary/aromatic N) is 4. The van der Waals surface area contributed by atoms with Crippen molar-refractivity contribution in [2.24, 2.45) is 5.92 Å². The SMILES string of the molecule is Brc1ccc(-c2cnn(CC3CC4CCC3O4)n2)nc1. The van der Waals surface area contributed by atoms with Crippen LogP contribution in [0.1, 0.15) is 19.3 Å². The highest BCUT2D eigenvalue weighted by atomic mass is 79.9. The Kier molecular flexibility index (Phi) is 3.07. The smallest absolute Gasteiger partial charge is 0.131 e. The molecule has 2 bridgehead atoms. The molecule has 2 aromatic heterocycles. The van der Waals surface area contributed by atoms with E-state index in [0.717, 1.165) is 28.8 Å². The zero-order chi connectivity index (χ0) is 13.5. The predicted octanol–water partition coefficient (Wildman–Crippen LogP) is 2.67. The summed E-state index contributed by atoms with van der Waals surface area (Å²) in [6.45, 7) is 0.845. The Balaban J connectivity index is 1.49. The summed E-state index contributed by atoms with van der Waals surface area (Å²) in [6, 6.07) is 3.91. The van der Waals surface area contributed by atoms with E-state index in [-0.39, 0.29) is 0 Å². The molecule has 3 unspecified atom stereocenters. The molecule has 6 heteroatoms. The lowest BCUT2D eigenvalue weighted by molar-refractivity contribution is 0.0885. The molecule has 104 valence electrons. The molecule has 0 spiro atoms. The van der Waals surface area contributed by atoms with E-state index < -0.39 is 0 Å². The van der Waals surface area contributed by atoms with Gasteiger partial charge in [0.15, 0.2) is 0 Å². The van der Waals surface area contributed by atoms with Crippen LogP contribution in [-0.2, 0) is 11.3 Å². The summed E-state index contributed by atoms with van der Waals surface area (Å²) in [4.78, 5) is 6.13. The first kappa shape index (κ1) is 12.5. The summed E-state index contributed by atoms with van der Waals surface area (Å²) in [6.07, 6.45) is 8.02. The molecule has 2 aliphatic rings. The van der Waals surface area contributed by atoms with Crippen LogP contribution >= 0.6 is 15.9 Å². The van der Waals surface area contributed by atoms with Crippen molar-refractivity contribution in [3.8, 4) is 11.4 Å².